The van der Waals surface area contributed by atoms with E-state index in [0.717, 1.165) is 54.8 Å². The lowest BCUT2D eigenvalue weighted by molar-refractivity contribution is -0.154. The van der Waals surface area contributed by atoms with E-state index in [9.17, 15) is 31.1 Å². The quantitative estimate of drug-likeness (QED) is 0.206. The van der Waals surface area contributed by atoms with Gasteiger partial charge >= 0.3 is 18.4 Å². The van der Waals surface area contributed by atoms with Crippen LogP contribution in [0.2, 0.25) is 0 Å². The van der Waals surface area contributed by atoms with Crippen molar-refractivity contribution in [3.05, 3.63) is 101 Å². The van der Waals surface area contributed by atoms with Crippen molar-refractivity contribution in [3.8, 4) is 17.1 Å². The molecule has 1 saturated heterocycles. The molecule has 1 amide bonds. The number of halogens is 6. The topological polar surface area (TPSA) is 80.2 Å². The maximum atomic E-state index is 13.2. The van der Waals surface area contributed by atoms with Crippen LogP contribution in [0.4, 0.5) is 32.3 Å². The molecule has 1 N–H and O–H groups in total. The molecule has 0 unspecified atom stereocenters. The van der Waals surface area contributed by atoms with E-state index in [-0.39, 0.29) is 36.2 Å². The number of nitrogens with zero attached hydrogens (tertiary/aromatic N) is 4. The van der Waals surface area contributed by atoms with E-state index in [1.807, 2.05) is 47.4 Å². The third-order valence-electron chi connectivity index (χ3n) is 6.86. The van der Waals surface area contributed by atoms with Gasteiger partial charge < -0.3 is 15.0 Å². The molecular formula is C31H27F6N5O2. The van der Waals surface area contributed by atoms with Crippen molar-refractivity contribution in [2.24, 2.45) is 0 Å². The molecule has 2 heterocycles. The second-order valence-corrected chi connectivity index (χ2v) is 10.3. The molecule has 7 nitrogen and oxygen atoms in total. The van der Waals surface area contributed by atoms with Gasteiger partial charge in [-0.05, 0) is 59.4 Å². The van der Waals surface area contributed by atoms with Gasteiger partial charge in [-0.15, -0.1) is 0 Å². The predicted molar refractivity (Wildman–Crippen MR) is 150 cm³/mol. The molecular weight excluding hydrogens is 588 g/mol. The SMILES string of the molecule is O=C(c1cccc(-c2cccc(CNc3nc(Cc4cccc(C(F)(F)F)c4)nc(OCC(F)(F)F)n3)c2)c1)N1CCCC1. The number of nitrogens with one attached hydrogen (secondary N) is 1. The molecule has 0 spiro atoms. The van der Waals surface area contributed by atoms with E-state index >= 15 is 0 Å². The van der Waals surface area contributed by atoms with E-state index in [1.165, 1.54) is 12.1 Å². The normalized spacial score (nSPS) is 13.6. The molecule has 3 aromatic carbocycles. The van der Waals surface area contributed by atoms with E-state index < -0.39 is 30.5 Å². The molecule has 1 aromatic heterocycles. The third kappa shape index (κ3) is 8.23. The fourth-order valence-electron chi connectivity index (χ4n) is 4.78. The highest BCUT2D eigenvalue weighted by Gasteiger charge is 2.31. The van der Waals surface area contributed by atoms with Gasteiger partial charge in [0.1, 0.15) is 5.82 Å². The number of alkyl halides is 6. The van der Waals surface area contributed by atoms with Gasteiger partial charge in [0.15, 0.2) is 6.61 Å². The molecule has 0 bridgehead atoms. The first-order chi connectivity index (χ1) is 20.9. The highest BCUT2D eigenvalue weighted by atomic mass is 19.4. The molecule has 0 aliphatic carbocycles. The van der Waals surface area contributed by atoms with E-state index in [0.29, 0.717) is 5.56 Å². The minimum atomic E-state index is -4.65. The van der Waals surface area contributed by atoms with Crippen LogP contribution in [0.25, 0.3) is 11.1 Å². The van der Waals surface area contributed by atoms with Gasteiger partial charge in [-0.1, -0.05) is 48.5 Å². The van der Waals surface area contributed by atoms with Gasteiger partial charge in [0.25, 0.3) is 5.91 Å². The Morgan fingerprint density at radius 2 is 1.50 bits per heavy atom. The number of likely N-dealkylation sites (tertiary alicyclic amines) is 1. The number of anilines is 1. The van der Waals surface area contributed by atoms with E-state index in [4.69, 9.17) is 4.74 Å². The second-order valence-electron chi connectivity index (χ2n) is 10.3. The molecule has 0 atom stereocenters. The first-order valence-corrected chi connectivity index (χ1v) is 13.8. The van der Waals surface area contributed by atoms with Crippen molar-refractivity contribution < 1.29 is 35.9 Å². The maximum absolute atomic E-state index is 13.2. The molecule has 1 aliphatic rings. The number of ether oxygens (including phenoxy) is 1. The summed E-state index contributed by atoms with van der Waals surface area (Å²) < 4.78 is 82.6. The molecule has 1 fully saturated rings. The molecule has 4 aromatic rings. The zero-order valence-electron chi connectivity index (χ0n) is 23.3. The average Bonchev–Trinajstić information content (AvgIpc) is 3.54. The van der Waals surface area contributed by atoms with E-state index in [2.05, 4.69) is 20.3 Å². The number of amides is 1. The number of carbonyl (C=O) groups excluding carboxylic acids is 1. The summed E-state index contributed by atoms with van der Waals surface area (Å²) in [7, 11) is 0. The number of benzene rings is 3. The minimum Gasteiger partial charge on any atom is -0.454 e. The van der Waals surface area contributed by atoms with Gasteiger partial charge in [0.2, 0.25) is 5.95 Å². The molecule has 0 saturated carbocycles. The first kappa shape index (κ1) is 30.8. The van der Waals surface area contributed by atoms with Crippen LogP contribution in [-0.4, -0.2) is 51.6 Å². The predicted octanol–water partition coefficient (Wildman–Crippen LogP) is 6.94. The third-order valence-corrected chi connectivity index (χ3v) is 6.86. The fraction of sp³-hybridized carbons (Fsp3) is 0.290. The van der Waals surface area contributed by atoms with Crippen LogP contribution >= 0.6 is 0 Å². The number of rotatable bonds is 9. The van der Waals surface area contributed by atoms with Crippen LogP contribution in [0.15, 0.2) is 72.8 Å². The summed E-state index contributed by atoms with van der Waals surface area (Å²) in [6, 6.07) is 18.6. The largest absolute Gasteiger partial charge is 0.454 e. The van der Waals surface area contributed by atoms with Gasteiger partial charge in [-0.3, -0.25) is 4.79 Å². The number of hydrogen-bond acceptors (Lipinski definition) is 6. The summed E-state index contributed by atoms with van der Waals surface area (Å²) in [6.45, 7) is -0.00932. The lowest BCUT2D eigenvalue weighted by Crippen LogP contribution is -2.27. The summed E-state index contributed by atoms with van der Waals surface area (Å²) in [5.74, 6) is -0.198. The standard InChI is InChI=1S/C31H27F6N5O2/c32-30(33,34)19-44-29-40-26(16-20-6-4-11-25(15-20)31(35,36)37)39-28(41-29)38-18-21-7-3-8-22(14-21)23-9-5-10-24(17-23)27(43)42-12-1-2-13-42/h3-11,14-15,17H,1-2,12-13,16,18-19H2,(H,38,39,40,41). The molecule has 5 rings (SSSR count). The van der Waals surface area contributed by atoms with Crippen molar-refractivity contribution >= 4 is 11.9 Å². The Morgan fingerprint density at radius 1 is 0.818 bits per heavy atom. The fourth-order valence-corrected chi connectivity index (χ4v) is 4.78. The Balaban J connectivity index is 1.34. The Morgan fingerprint density at radius 3 is 2.23 bits per heavy atom. The van der Waals surface area contributed by atoms with Crippen LogP contribution in [-0.2, 0) is 19.1 Å². The van der Waals surface area contributed by atoms with Crippen LogP contribution in [0.5, 0.6) is 6.01 Å². The number of aromatic nitrogens is 3. The smallest absolute Gasteiger partial charge is 0.422 e. The van der Waals surface area contributed by atoms with Gasteiger partial charge in [-0.25, -0.2) is 0 Å². The summed E-state index contributed by atoms with van der Waals surface area (Å²) in [6.07, 6.45) is -7.44. The Bertz CT molecular complexity index is 1620. The van der Waals surface area contributed by atoms with Crippen molar-refractivity contribution in [3.63, 3.8) is 0 Å². The van der Waals surface area contributed by atoms with Crippen LogP contribution in [0, 0.1) is 0 Å². The lowest BCUT2D eigenvalue weighted by atomic mass is 10.0. The Labute approximate surface area is 248 Å². The highest BCUT2D eigenvalue weighted by Crippen LogP contribution is 2.30. The van der Waals surface area contributed by atoms with Crippen LogP contribution in [0.1, 0.15) is 45.7 Å². The van der Waals surface area contributed by atoms with Gasteiger partial charge in [0, 0.05) is 31.6 Å². The zero-order valence-corrected chi connectivity index (χ0v) is 23.3. The molecule has 230 valence electrons. The van der Waals surface area contributed by atoms with Gasteiger partial charge in [-0.2, -0.15) is 41.3 Å². The molecule has 44 heavy (non-hydrogen) atoms. The molecule has 13 heteroatoms. The number of hydrogen-bond donors (Lipinski definition) is 1. The first-order valence-electron chi connectivity index (χ1n) is 13.8. The minimum absolute atomic E-state index is 0.0125. The van der Waals surface area contributed by atoms with Crippen molar-refractivity contribution in [2.75, 3.05) is 25.0 Å². The second kappa shape index (κ2) is 12.9. The average molecular weight is 616 g/mol. The number of carbonyl (C=O) groups is 1. The lowest BCUT2D eigenvalue weighted by Gasteiger charge is -2.16. The van der Waals surface area contributed by atoms with Gasteiger partial charge in [0.05, 0.1) is 5.56 Å². The summed E-state index contributed by atoms with van der Waals surface area (Å²) in [5.41, 5.74) is 2.38. The van der Waals surface area contributed by atoms with Crippen LogP contribution < -0.4 is 10.1 Å². The van der Waals surface area contributed by atoms with Crippen molar-refractivity contribution in [2.45, 2.75) is 38.2 Å². The van der Waals surface area contributed by atoms with Crippen molar-refractivity contribution in [1.29, 1.82) is 0 Å². The Kier molecular flexibility index (Phi) is 9.02. The van der Waals surface area contributed by atoms with Crippen molar-refractivity contribution in [1.82, 2.24) is 19.9 Å². The molecule has 1 aliphatic heterocycles. The van der Waals surface area contributed by atoms with Crippen LogP contribution in [0.3, 0.4) is 0 Å². The highest BCUT2D eigenvalue weighted by molar-refractivity contribution is 5.95. The van der Waals surface area contributed by atoms with E-state index in [1.54, 1.807) is 6.07 Å². The monoisotopic (exact) mass is 615 g/mol. The summed E-state index contributed by atoms with van der Waals surface area (Å²) in [4.78, 5) is 26.7. The summed E-state index contributed by atoms with van der Waals surface area (Å²) in [5, 5.41) is 2.94. The zero-order chi connectivity index (χ0) is 31.3. The summed E-state index contributed by atoms with van der Waals surface area (Å²) >= 11 is 0. The molecule has 0 radical (unpaired) electrons. The maximum Gasteiger partial charge on any atom is 0.422 e. The Hall–Kier alpha value is -4.68.